The number of amides is 3. The first-order valence-corrected chi connectivity index (χ1v) is 20.5. The van der Waals surface area contributed by atoms with Gasteiger partial charge in [-0.05, 0) is 119 Å². The lowest BCUT2D eigenvalue weighted by Crippen LogP contribution is -2.44. The van der Waals surface area contributed by atoms with Gasteiger partial charge in [-0.2, -0.15) is 18.3 Å². The molecule has 0 spiro atoms. The van der Waals surface area contributed by atoms with Crippen LogP contribution in [0.4, 0.5) is 27.6 Å². The van der Waals surface area contributed by atoms with Gasteiger partial charge in [0.1, 0.15) is 17.4 Å². The van der Waals surface area contributed by atoms with Crippen LogP contribution in [-0.2, 0) is 29.2 Å². The van der Waals surface area contributed by atoms with E-state index < -0.39 is 47.4 Å². The van der Waals surface area contributed by atoms with Crippen molar-refractivity contribution in [1.29, 1.82) is 0 Å². The number of rotatable bonds is 10. The maximum atomic E-state index is 14.1. The van der Waals surface area contributed by atoms with Crippen LogP contribution in [0.1, 0.15) is 110 Å². The number of para-hydroxylation sites is 1. The predicted octanol–water partition coefficient (Wildman–Crippen LogP) is 7.74. The summed E-state index contributed by atoms with van der Waals surface area (Å²) >= 11 is 0. The molecule has 1 unspecified atom stereocenters. The molecule has 8 rings (SSSR count). The number of benzene rings is 2. The van der Waals surface area contributed by atoms with Crippen LogP contribution in [0.2, 0.25) is 0 Å². The lowest BCUT2D eigenvalue weighted by atomic mass is 9.81. The lowest BCUT2D eigenvalue weighted by molar-refractivity contribution is -0.141. The molecule has 3 aliphatic rings. The maximum absolute atomic E-state index is 14.1. The van der Waals surface area contributed by atoms with E-state index in [2.05, 4.69) is 38.7 Å². The zero-order valence-corrected chi connectivity index (χ0v) is 33.4. The number of halogens is 5. The van der Waals surface area contributed by atoms with E-state index >= 15 is 0 Å². The highest BCUT2D eigenvalue weighted by molar-refractivity contribution is 6.04. The summed E-state index contributed by atoms with van der Waals surface area (Å²) in [4.78, 5) is 56.5. The van der Waals surface area contributed by atoms with Gasteiger partial charge in [0.2, 0.25) is 11.8 Å². The van der Waals surface area contributed by atoms with E-state index in [9.17, 15) is 41.1 Å². The Balaban J connectivity index is 0.851. The molecule has 2 saturated carbocycles. The van der Waals surface area contributed by atoms with Crippen molar-refractivity contribution in [3.05, 3.63) is 87.7 Å². The summed E-state index contributed by atoms with van der Waals surface area (Å²) in [5.74, 6) is -0.831. The molecule has 3 fully saturated rings. The van der Waals surface area contributed by atoms with Crippen LogP contribution in [0, 0.1) is 11.8 Å². The average Bonchev–Trinajstić information content (AvgIpc) is 3.75. The molecule has 1 aliphatic heterocycles. The molecule has 4 heterocycles. The van der Waals surface area contributed by atoms with Crippen molar-refractivity contribution in [2.75, 3.05) is 18.9 Å². The number of imidazole rings is 1. The summed E-state index contributed by atoms with van der Waals surface area (Å²) in [5, 5.41) is 9.86. The number of aryl methyl sites for hydroxylation is 1. The van der Waals surface area contributed by atoms with E-state index in [1.807, 2.05) is 16.8 Å². The summed E-state index contributed by atoms with van der Waals surface area (Å²) in [7, 11) is 3.94. The van der Waals surface area contributed by atoms with Crippen LogP contribution >= 0.6 is 0 Å². The Labute approximate surface area is 342 Å². The van der Waals surface area contributed by atoms with Gasteiger partial charge in [-0.1, -0.05) is 18.2 Å². The molecule has 0 bridgehead atoms. The Morgan fingerprint density at radius 1 is 0.950 bits per heavy atom. The molecule has 2 aliphatic carbocycles. The molecule has 12 nitrogen and oxygen atoms in total. The second kappa shape index (κ2) is 16.5. The van der Waals surface area contributed by atoms with E-state index in [0.29, 0.717) is 40.7 Å². The van der Waals surface area contributed by atoms with E-state index in [1.54, 1.807) is 17.8 Å². The summed E-state index contributed by atoms with van der Waals surface area (Å²) in [6, 6.07) is 11.2. The molecule has 17 heteroatoms. The first kappa shape index (κ1) is 41.3. The van der Waals surface area contributed by atoms with Crippen molar-refractivity contribution in [3.8, 4) is 0 Å². The highest BCUT2D eigenvalue weighted by Crippen LogP contribution is 2.38. The highest BCUT2D eigenvalue weighted by atomic mass is 19.4. The number of fused-ring (bicyclic) bond motifs is 2. The smallest absolute Gasteiger partial charge is 0.320 e. The topological polar surface area (TPSA) is 136 Å². The molecule has 3 amide bonds. The summed E-state index contributed by atoms with van der Waals surface area (Å²) in [6.07, 6.45) is 3.33. The number of aromatic nitrogens is 5. The van der Waals surface area contributed by atoms with Crippen molar-refractivity contribution >= 4 is 45.3 Å². The number of carbonyl (C=O) groups is 3. The van der Waals surface area contributed by atoms with Gasteiger partial charge in [-0.25, -0.2) is 18.6 Å². The Morgan fingerprint density at radius 3 is 2.37 bits per heavy atom. The fourth-order valence-electron chi connectivity index (χ4n) is 9.65. The monoisotopic (exact) mass is 834 g/mol. The minimum atomic E-state index is -4.77. The zero-order valence-electron chi connectivity index (χ0n) is 33.4. The van der Waals surface area contributed by atoms with Crippen molar-refractivity contribution in [2.45, 2.75) is 101 Å². The minimum Gasteiger partial charge on any atom is -0.320 e. The van der Waals surface area contributed by atoms with Crippen LogP contribution in [0.5, 0.6) is 0 Å². The van der Waals surface area contributed by atoms with Gasteiger partial charge in [-0.3, -0.25) is 33.5 Å². The molecule has 0 radical (unpaired) electrons. The SMILES string of the molecule is CN(CC1CCC(n2cc3cc(NC(=O)c4cccc(C(F)(F)F)n4)c(C(F)F)cc3n2)CC1)C1CCC(Cc2cccc3c2n(C)c(=O)n3C2CCC(=O)NC2=O)CC1. The van der Waals surface area contributed by atoms with E-state index in [0.717, 1.165) is 93.6 Å². The van der Waals surface area contributed by atoms with Crippen molar-refractivity contribution in [1.82, 2.24) is 34.1 Å². The number of nitrogens with zero attached hydrogens (tertiary/aromatic N) is 6. The van der Waals surface area contributed by atoms with Crippen LogP contribution in [0.25, 0.3) is 21.9 Å². The molecule has 5 aromatic rings. The number of nitrogens with one attached hydrogen (secondary N) is 2. The second-order valence-electron chi connectivity index (χ2n) is 16.7. The maximum Gasteiger partial charge on any atom is 0.433 e. The van der Waals surface area contributed by atoms with Gasteiger partial charge in [0.05, 0.1) is 28.3 Å². The molecule has 2 N–H and O–H groups in total. The predicted molar refractivity (Wildman–Crippen MR) is 214 cm³/mol. The van der Waals surface area contributed by atoms with Gasteiger partial charge in [0.15, 0.2) is 0 Å². The van der Waals surface area contributed by atoms with Gasteiger partial charge in [0.25, 0.3) is 12.3 Å². The van der Waals surface area contributed by atoms with E-state index in [-0.39, 0.29) is 29.7 Å². The van der Waals surface area contributed by atoms with E-state index in [4.69, 9.17) is 0 Å². The largest absolute Gasteiger partial charge is 0.433 e. The molecule has 60 heavy (non-hydrogen) atoms. The van der Waals surface area contributed by atoms with E-state index in [1.165, 1.54) is 16.7 Å². The third kappa shape index (κ3) is 8.32. The number of carbonyl (C=O) groups excluding carboxylic acids is 3. The Morgan fingerprint density at radius 2 is 1.67 bits per heavy atom. The third-order valence-corrected chi connectivity index (χ3v) is 12.8. The molecule has 318 valence electrons. The molecule has 1 saturated heterocycles. The van der Waals surface area contributed by atoms with Crippen LogP contribution < -0.4 is 16.3 Å². The fraction of sp³-hybridized carbons (Fsp3) is 0.488. The molecular formula is C43H47F5N8O4. The molecule has 3 aromatic heterocycles. The highest BCUT2D eigenvalue weighted by Gasteiger charge is 2.35. The molecule has 2 aromatic carbocycles. The average molecular weight is 835 g/mol. The number of imide groups is 1. The van der Waals surface area contributed by atoms with Crippen LogP contribution in [-0.4, -0.2) is 66.2 Å². The van der Waals surface area contributed by atoms with Crippen molar-refractivity contribution in [3.63, 3.8) is 0 Å². The quantitative estimate of drug-likeness (QED) is 0.109. The first-order valence-electron chi connectivity index (χ1n) is 20.5. The van der Waals surface area contributed by atoms with Crippen molar-refractivity contribution < 1.29 is 36.3 Å². The van der Waals surface area contributed by atoms with Gasteiger partial charge < -0.3 is 10.2 Å². The standard InChI is InChI=1S/C43H47F5N8O4/c1-53(28-13-9-24(10-14-28)19-26-5-3-7-34-38(26)54(2)42(60)56(34)35-17-18-37(57)51-41(35)59)22-25-11-15-29(16-12-25)55-23-27-20-33(30(39(44)45)21-32(27)52-55)50-40(58)31-6-4-8-36(49-31)43(46,47)48/h3-8,20-21,23-25,28-29,35,39H,9-19,22H2,1-2H3,(H,50,58)(H,51,57,59). The number of hydrogen-bond acceptors (Lipinski definition) is 7. The van der Waals surface area contributed by atoms with Crippen molar-refractivity contribution in [2.24, 2.45) is 18.9 Å². The molecule has 1 atom stereocenters. The first-order chi connectivity index (χ1) is 28.6. The molecular weight excluding hydrogens is 788 g/mol. The number of pyridine rings is 1. The fourth-order valence-corrected chi connectivity index (χ4v) is 9.65. The Bertz CT molecular complexity index is 2490. The zero-order chi connectivity index (χ0) is 42.5. The third-order valence-electron chi connectivity index (χ3n) is 12.8. The van der Waals surface area contributed by atoms with Crippen LogP contribution in [0.3, 0.4) is 0 Å². The summed E-state index contributed by atoms with van der Waals surface area (Å²) < 4.78 is 72.7. The number of piperidine rings is 1. The Hall–Kier alpha value is -5.45. The lowest BCUT2D eigenvalue weighted by Gasteiger charge is -2.38. The van der Waals surface area contributed by atoms with Crippen LogP contribution in [0.15, 0.2) is 59.5 Å². The normalized spacial score (nSPS) is 22.9. The van der Waals surface area contributed by atoms with Gasteiger partial charge >= 0.3 is 11.9 Å². The minimum absolute atomic E-state index is 0.0709. The Kier molecular flexibility index (Phi) is 11.4. The summed E-state index contributed by atoms with van der Waals surface area (Å²) in [5.41, 5.74) is 0.216. The van der Waals surface area contributed by atoms with Gasteiger partial charge in [-0.15, -0.1) is 0 Å². The summed E-state index contributed by atoms with van der Waals surface area (Å²) in [6.45, 7) is 0.972. The van der Waals surface area contributed by atoms with Gasteiger partial charge in [0, 0.05) is 43.2 Å². The number of anilines is 1. The second-order valence-corrected chi connectivity index (χ2v) is 16.7. The number of alkyl halides is 5. The number of hydrogen-bond donors (Lipinski definition) is 2.